The van der Waals surface area contributed by atoms with Gasteiger partial charge in [0, 0.05) is 12.6 Å². The molecular formula is C12H18N2O3. The van der Waals surface area contributed by atoms with E-state index in [2.05, 4.69) is 0 Å². The van der Waals surface area contributed by atoms with Crippen LogP contribution in [0.3, 0.4) is 0 Å². The number of hydrogen-bond acceptors (Lipinski definition) is 4. The number of nitrogens with two attached hydrogens (primary N) is 1. The second-order valence-electron chi connectivity index (χ2n) is 4.09. The molecule has 0 heterocycles. The van der Waals surface area contributed by atoms with Gasteiger partial charge >= 0.3 is 5.97 Å². The van der Waals surface area contributed by atoms with Gasteiger partial charge in [0.25, 0.3) is 0 Å². The first-order valence-electron chi connectivity index (χ1n) is 5.47. The molecule has 5 nitrogen and oxygen atoms in total. The zero-order valence-corrected chi connectivity index (χ0v) is 10.1. The second-order valence-corrected chi connectivity index (χ2v) is 4.09. The molecule has 0 bridgehead atoms. The minimum atomic E-state index is -0.999. The zero-order valence-electron chi connectivity index (χ0n) is 10.1. The fourth-order valence-electron chi connectivity index (χ4n) is 1.71. The van der Waals surface area contributed by atoms with Crippen LogP contribution in [-0.4, -0.2) is 35.4 Å². The SMILES string of the molecule is CC(C)N(CCO)c1ccc(C(=O)O)cc1N. The van der Waals surface area contributed by atoms with Crippen LogP contribution < -0.4 is 10.6 Å². The van der Waals surface area contributed by atoms with E-state index in [1.165, 1.54) is 12.1 Å². The van der Waals surface area contributed by atoms with Crippen molar-refractivity contribution in [3.8, 4) is 0 Å². The van der Waals surface area contributed by atoms with E-state index in [-0.39, 0.29) is 18.2 Å². The quantitative estimate of drug-likeness (QED) is 0.670. The summed E-state index contributed by atoms with van der Waals surface area (Å²) >= 11 is 0. The summed E-state index contributed by atoms with van der Waals surface area (Å²) in [4.78, 5) is 12.7. The highest BCUT2D eigenvalue weighted by atomic mass is 16.4. The smallest absolute Gasteiger partial charge is 0.335 e. The summed E-state index contributed by atoms with van der Waals surface area (Å²) in [5, 5.41) is 17.8. The van der Waals surface area contributed by atoms with Crippen molar-refractivity contribution in [2.75, 3.05) is 23.8 Å². The molecule has 0 atom stereocenters. The molecule has 0 amide bonds. The van der Waals surface area contributed by atoms with Crippen LogP contribution in [0.5, 0.6) is 0 Å². The summed E-state index contributed by atoms with van der Waals surface area (Å²) in [5.41, 5.74) is 7.17. The highest BCUT2D eigenvalue weighted by Gasteiger charge is 2.14. The Bertz CT molecular complexity index is 405. The summed E-state index contributed by atoms with van der Waals surface area (Å²) in [7, 11) is 0. The summed E-state index contributed by atoms with van der Waals surface area (Å²) in [6.07, 6.45) is 0. The van der Waals surface area contributed by atoms with Crippen LogP contribution in [0.15, 0.2) is 18.2 Å². The van der Waals surface area contributed by atoms with Crippen molar-refractivity contribution in [3.63, 3.8) is 0 Å². The Kier molecular flexibility index (Phi) is 4.34. The van der Waals surface area contributed by atoms with Gasteiger partial charge in [0.2, 0.25) is 0 Å². The monoisotopic (exact) mass is 238 g/mol. The number of hydrogen-bond donors (Lipinski definition) is 3. The molecule has 1 aromatic rings. The minimum absolute atomic E-state index is 0.0261. The molecule has 0 aromatic heterocycles. The summed E-state index contributed by atoms with van der Waals surface area (Å²) in [6, 6.07) is 4.81. The lowest BCUT2D eigenvalue weighted by Crippen LogP contribution is -2.34. The van der Waals surface area contributed by atoms with E-state index in [0.717, 1.165) is 5.69 Å². The molecule has 0 saturated carbocycles. The Morgan fingerprint density at radius 3 is 2.53 bits per heavy atom. The number of nitrogens with zero attached hydrogens (tertiary/aromatic N) is 1. The van der Waals surface area contributed by atoms with Crippen LogP contribution in [0, 0.1) is 0 Å². The molecule has 0 aliphatic heterocycles. The molecule has 94 valence electrons. The molecule has 0 fully saturated rings. The van der Waals surface area contributed by atoms with Gasteiger partial charge in [0.1, 0.15) is 0 Å². The third-order valence-electron chi connectivity index (χ3n) is 2.55. The van der Waals surface area contributed by atoms with Gasteiger partial charge in [-0.2, -0.15) is 0 Å². The number of carboxylic acids is 1. The number of nitrogen functional groups attached to an aromatic ring is 1. The first-order valence-corrected chi connectivity index (χ1v) is 5.47. The highest BCUT2D eigenvalue weighted by molar-refractivity contribution is 5.90. The van der Waals surface area contributed by atoms with Crippen LogP contribution in [0.25, 0.3) is 0 Å². The Labute approximate surface area is 100 Å². The predicted molar refractivity (Wildman–Crippen MR) is 67.4 cm³/mol. The maximum absolute atomic E-state index is 10.8. The van der Waals surface area contributed by atoms with Crippen molar-refractivity contribution in [1.82, 2.24) is 0 Å². The van der Waals surface area contributed by atoms with Crippen molar-refractivity contribution < 1.29 is 15.0 Å². The Morgan fingerprint density at radius 1 is 1.47 bits per heavy atom. The molecular weight excluding hydrogens is 220 g/mol. The highest BCUT2D eigenvalue weighted by Crippen LogP contribution is 2.25. The van der Waals surface area contributed by atoms with Crippen LogP contribution in [-0.2, 0) is 0 Å². The van der Waals surface area contributed by atoms with Gasteiger partial charge in [-0.05, 0) is 32.0 Å². The van der Waals surface area contributed by atoms with Gasteiger partial charge in [0.05, 0.1) is 23.5 Å². The molecule has 17 heavy (non-hydrogen) atoms. The first kappa shape index (κ1) is 13.3. The summed E-state index contributed by atoms with van der Waals surface area (Å²) in [5.74, 6) is -0.999. The molecule has 4 N–H and O–H groups in total. The van der Waals surface area contributed by atoms with E-state index in [1.54, 1.807) is 6.07 Å². The molecule has 0 unspecified atom stereocenters. The molecule has 0 saturated heterocycles. The molecule has 0 radical (unpaired) electrons. The van der Waals surface area contributed by atoms with Gasteiger partial charge in [-0.1, -0.05) is 0 Å². The van der Waals surface area contributed by atoms with Crippen LogP contribution in [0.1, 0.15) is 24.2 Å². The Balaban J connectivity index is 3.08. The largest absolute Gasteiger partial charge is 0.478 e. The minimum Gasteiger partial charge on any atom is -0.478 e. The van der Waals surface area contributed by atoms with Crippen molar-refractivity contribution in [2.45, 2.75) is 19.9 Å². The molecule has 0 spiro atoms. The van der Waals surface area contributed by atoms with Gasteiger partial charge in [0.15, 0.2) is 0 Å². The molecule has 0 aliphatic carbocycles. The standard InChI is InChI=1S/C12H18N2O3/c1-8(2)14(5-6-15)11-4-3-9(12(16)17)7-10(11)13/h3-4,7-8,15H,5-6,13H2,1-2H3,(H,16,17). The maximum atomic E-state index is 10.8. The Hall–Kier alpha value is -1.75. The Morgan fingerprint density at radius 2 is 2.12 bits per heavy atom. The number of aliphatic hydroxyl groups excluding tert-OH is 1. The van der Waals surface area contributed by atoms with E-state index < -0.39 is 5.97 Å². The number of carbonyl (C=O) groups is 1. The van der Waals surface area contributed by atoms with Crippen molar-refractivity contribution in [2.24, 2.45) is 0 Å². The molecule has 5 heteroatoms. The maximum Gasteiger partial charge on any atom is 0.335 e. The second kappa shape index (κ2) is 5.54. The van der Waals surface area contributed by atoms with Gasteiger partial charge in [-0.3, -0.25) is 0 Å². The lowest BCUT2D eigenvalue weighted by molar-refractivity contribution is 0.0697. The topological polar surface area (TPSA) is 86.8 Å². The number of anilines is 2. The lowest BCUT2D eigenvalue weighted by Gasteiger charge is -2.29. The first-order chi connectivity index (χ1) is 7.97. The number of aliphatic hydroxyl groups is 1. The number of aromatic carboxylic acids is 1. The summed E-state index contributed by atoms with van der Waals surface area (Å²) in [6.45, 7) is 4.47. The number of carboxylic acid groups (broad SMARTS) is 1. The van der Waals surface area contributed by atoms with E-state index in [9.17, 15) is 4.79 Å². The van der Waals surface area contributed by atoms with Gasteiger partial charge in [-0.15, -0.1) is 0 Å². The van der Waals surface area contributed by atoms with Crippen LogP contribution >= 0.6 is 0 Å². The normalized spacial score (nSPS) is 10.6. The molecule has 1 aromatic carbocycles. The fraction of sp³-hybridized carbons (Fsp3) is 0.417. The van der Waals surface area contributed by atoms with E-state index in [1.807, 2.05) is 18.7 Å². The van der Waals surface area contributed by atoms with E-state index in [4.69, 9.17) is 15.9 Å². The van der Waals surface area contributed by atoms with Crippen LogP contribution in [0.2, 0.25) is 0 Å². The van der Waals surface area contributed by atoms with E-state index >= 15 is 0 Å². The predicted octanol–water partition coefficient (Wildman–Crippen LogP) is 1.17. The fourth-order valence-corrected chi connectivity index (χ4v) is 1.71. The third kappa shape index (κ3) is 3.10. The van der Waals surface area contributed by atoms with E-state index in [0.29, 0.717) is 12.2 Å². The van der Waals surface area contributed by atoms with Crippen LogP contribution in [0.4, 0.5) is 11.4 Å². The molecule has 0 aliphatic rings. The average molecular weight is 238 g/mol. The lowest BCUT2D eigenvalue weighted by atomic mass is 10.1. The van der Waals surface area contributed by atoms with Crippen molar-refractivity contribution in [3.05, 3.63) is 23.8 Å². The third-order valence-corrected chi connectivity index (χ3v) is 2.55. The average Bonchev–Trinajstić information content (AvgIpc) is 2.26. The van der Waals surface area contributed by atoms with Gasteiger partial charge in [-0.25, -0.2) is 4.79 Å². The number of benzene rings is 1. The summed E-state index contributed by atoms with van der Waals surface area (Å²) < 4.78 is 0. The van der Waals surface area contributed by atoms with Crippen molar-refractivity contribution in [1.29, 1.82) is 0 Å². The van der Waals surface area contributed by atoms with Crippen molar-refractivity contribution >= 4 is 17.3 Å². The molecule has 1 rings (SSSR count). The number of rotatable bonds is 5. The van der Waals surface area contributed by atoms with Gasteiger partial charge < -0.3 is 20.8 Å². The zero-order chi connectivity index (χ0) is 13.0.